The predicted octanol–water partition coefficient (Wildman–Crippen LogP) is 3.98. The molecule has 0 radical (unpaired) electrons. The SMILES string of the molecule is CC(C)(C)OC(=O)N1CCC(=O)[C@@H](O[Si](C)(C)C(C)(C)C)CC1. The van der Waals surface area contributed by atoms with Gasteiger partial charge in [-0.2, -0.15) is 0 Å². The molecule has 0 spiro atoms. The molecule has 1 rings (SSSR count). The highest BCUT2D eigenvalue weighted by atomic mass is 28.4. The summed E-state index contributed by atoms with van der Waals surface area (Å²) in [7, 11) is -2.00. The summed E-state index contributed by atoms with van der Waals surface area (Å²) in [5, 5.41) is 0.0600. The highest BCUT2D eigenvalue weighted by Gasteiger charge is 2.41. The van der Waals surface area contributed by atoms with Gasteiger partial charge in [0.15, 0.2) is 14.1 Å². The first-order valence-corrected chi connectivity index (χ1v) is 11.3. The van der Waals surface area contributed by atoms with E-state index in [2.05, 4.69) is 33.9 Å². The highest BCUT2D eigenvalue weighted by Crippen LogP contribution is 2.38. The van der Waals surface area contributed by atoms with Crippen LogP contribution >= 0.6 is 0 Å². The fraction of sp³-hybridized carbons (Fsp3) is 0.882. The lowest BCUT2D eigenvalue weighted by molar-refractivity contribution is -0.125. The second kappa shape index (κ2) is 6.93. The molecule has 0 aromatic carbocycles. The average Bonchev–Trinajstić information content (AvgIpc) is 2.49. The van der Waals surface area contributed by atoms with Crippen LogP contribution < -0.4 is 0 Å². The van der Waals surface area contributed by atoms with Crippen molar-refractivity contribution in [3.8, 4) is 0 Å². The third-order valence-corrected chi connectivity index (χ3v) is 9.03. The van der Waals surface area contributed by atoms with Crippen LogP contribution in [0.25, 0.3) is 0 Å². The summed E-state index contributed by atoms with van der Waals surface area (Å²) in [6.45, 7) is 17.2. The third kappa shape index (κ3) is 5.92. The lowest BCUT2D eigenvalue weighted by Crippen LogP contribution is -2.46. The summed E-state index contributed by atoms with van der Waals surface area (Å²) < 4.78 is 11.7. The molecule has 1 amide bonds. The van der Waals surface area contributed by atoms with E-state index in [0.29, 0.717) is 25.9 Å². The molecule has 1 saturated heterocycles. The lowest BCUT2D eigenvalue weighted by Gasteiger charge is -2.38. The third-order valence-electron chi connectivity index (χ3n) is 4.54. The zero-order valence-corrected chi connectivity index (χ0v) is 17.0. The number of ether oxygens (including phenoxy) is 1. The van der Waals surface area contributed by atoms with Crippen molar-refractivity contribution in [2.75, 3.05) is 13.1 Å². The van der Waals surface area contributed by atoms with Gasteiger partial charge in [0.25, 0.3) is 0 Å². The summed E-state index contributed by atoms with van der Waals surface area (Å²) >= 11 is 0. The number of hydrogen-bond donors (Lipinski definition) is 0. The first kappa shape index (κ1) is 20.2. The molecule has 1 aliphatic heterocycles. The smallest absolute Gasteiger partial charge is 0.410 e. The van der Waals surface area contributed by atoms with Crippen molar-refractivity contribution in [2.24, 2.45) is 0 Å². The monoisotopic (exact) mass is 343 g/mol. The number of amides is 1. The Hall–Kier alpha value is -0.883. The molecule has 0 aromatic rings. The minimum absolute atomic E-state index is 0.0600. The number of rotatable bonds is 2. The van der Waals surface area contributed by atoms with Gasteiger partial charge in [-0.1, -0.05) is 20.8 Å². The first-order chi connectivity index (χ1) is 10.2. The molecule has 1 fully saturated rings. The Balaban J connectivity index is 2.72. The van der Waals surface area contributed by atoms with Gasteiger partial charge in [-0.15, -0.1) is 0 Å². The number of ketones is 1. The second-order valence-corrected chi connectivity index (χ2v) is 13.6. The van der Waals surface area contributed by atoms with E-state index in [1.807, 2.05) is 20.8 Å². The Bertz CT molecular complexity index is 448. The normalized spacial score (nSPS) is 21.1. The van der Waals surface area contributed by atoms with Crippen LogP contribution in [-0.2, 0) is 14.0 Å². The molecule has 0 unspecified atom stereocenters. The van der Waals surface area contributed by atoms with Crippen molar-refractivity contribution in [3.63, 3.8) is 0 Å². The quantitative estimate of drug-likeness (QED) is 0.712. The number of likely N-dealkylation sites (tertiary alicyclic amines) is 1. The van der Waals surface area contributed by atoms with Gasteiger partial charge in [-0.25, -0.2) is 4.79 Å². The van der Waals surface area contributed by atoms with E-state index in [-0.39, 0.29) is 16.9 Å². The van der Waals surface area contributed by atoms with E-state index in [1.54, 1.807) is 4.90 Å². The van der Waals surface area contributed by atoms with Gasteiger partial charge < -0.3 is 14.1 Å². The van der Waals surface area contributed by atoms with Gasteiger partial charge in [0.05, 0.1) is 0 Å². The van der Waals surface area contributed by atoms with Crippen LogP contribution in [0.4, 0.5) is 4.79 Å². The summed E-state index contributed by atoms with van der Waals surface area (Å²) in [4.78, 5) is 26.2. The van der Waals surface area contributed by atoms with Crippen LogP contribution in [0.5, 0.6) is 0 Å². The van der Waals surface area contributed by atoms with Gasteiger partial charge in [-0.05, 0) is 45.3 Å². The molecule has 1 aliphatic rings. The Morgan fingerprint density at radius 1 is 1.13 bits per heavy atom. The van der Waals surface area contributed by atoms with Crippen molar-refractivity contribution in [3.05, 3.63) is 0 Å². The number of carbonyl (C=O) groups is 2. The van der Waals surface area contributed by atoms with Gasteiger partial charge in [-0.3, -0.25) is 4.79 Å². The predicted molar refractivity (Wildman–Crippen MR) is 94.1 cm³/mol. The van der Waals surface area contributed by atoms with E-state index in [0.717, 1.165) is 0 Å². The fourth-order valence-corrected chi connectivity index (χ4v) is 3.43. The van der Waals surface area contributed by atoms with Crippen LogP contribution in [0.15, 0.2) is 0 Å². The van der Waals surface area contributed by atoms with Gasteiger partial charge in [0.1, 0.15) is 11.7 Å². The maximum Gasteiger partial charge on any atom is 0.410 e. The second-order valence-electron chi connectivity index (χ2n) is 8.84. The molecule has 0 bridgehead atoms. The number of hydrogen-bond acceptors (Lipinski definition) is 4. The number of Topliss-reactive ketones (excluding diaryl/α,β-unsaturated/α-hetero) is 1. The summed E-state index contributed by atoms with van der Waals surface area (Å²) in [5.74, 6) is 0.0980. The molecule has 0 N–H and O–H groups in total. The largest absolute Gasteiger partial charge is 0.444 e. The Kier molecular flexibility index (Phi) is 6.07. The molecule has 0 saturated carbocycles. The Morgan fingerprint density at radius 2 is 1.70 bits per heavy atom. The topological polar surface area (TPSA) is 55.8 Å². The highest BCUT2D eigenvalue weighted by molar-refractivity contribution is 6.74. The summed E-state index contributed by atoms with van der Waals surface area (Å²) in [6.07, 6.45) is 0.130. The van der Waals surface area contributed by atoms with Crippen LogP contribution in [0.1, 0.15) is 54.4 Å². The van der Waals surface area contributed by atoms with Crippen molar-refractivity contribution >= 4 is 20.2 Å². The molecular formula is C17H33NO4Si. The molecule has 0 aromatic heterocycles. The molecular weight excluding hydrogens is 310 g/mol. The number of nitrogens with zero attached hydrogens (tertiary/aromatic N) is 1. The molecule has 23 heavy (non-hydrogen) atoms. The van der Waals surface area contributed by atoms with E-state index in [4.69, 9.17) is 9.16 Å². The zero-order chi connectivity index (χ0) is 18.1. The summed E-state index contributed by atoms with van der Waals surface area (Å²) in [6, 6.07) is 0. The van der Waals surface area contributed by atoms with Crippen LogP contribution in [0.2, 0.25) is 18.1 Å². The van der Waals surface area contributed by atoms with Crippen molar-refractivity contribution in [2.45, 2.75) is 84.2 Å². The van der Waals surface area contributed by atoms with Gasteiger partial charge in [0.2, 0.25) is 0 Å². The zero-order valence-electron chi connectivity index (χ0n) is 16.0. The fourth-order valence-electron chi connectivity index (χ4n) is 2.12. The molecule has 134 valence electrons. The van der Waals surface area contributed by atoms with E-state index >= 15 is 0 Å². The number of carbonyl (C=O) groups excluding carboxylic acids is 2. The average molecular weight is 344 g/mol. The van der Waals surface area contributed by atoms with Crippen LogP contribution in [0, 0.1) is 0 Å². The maximum absolute atomic E-state index is 12.4. The van der Waals surface area contributed by atoms with Gasteiger partial charge in [0, 0.05) is 19.5 Å². The Morgan fingerprint density at radius 3 is 2.17 bits per heavy atom. The van der Waals surface area contributed by atoms with E-state index < -0.39 is 20.0 Å². The van der Waals surface area contributed by atoms with Crippen LogP contribution in [-0.4, -0.2) is 49.9 Å². The summed E-state index contributed by atoms with van der Waals surface area (Å²) in [5.41, 5.74) is -0.523. The molecule has 6 heteroatoms. The first-order valence-electron chi connectivity index (χ1n) is 8.41. The molecule has 5 nitrogen and oxygen atoms in total. The van der Waals surface area contributed by atoms with Crippen molar-refractivity contribution in [1.29, 1.82) is 0 Å². The standard InChI is InChI=1S/C17H33NO4Si/c1-16(2,3)21-15(20)18-11-9-13(19)14(10-12-18)22-23(7,8)17(4,5)6/h14H,9-12H2,1-8H3/t14-/m0/s1. The molecule has 1 heterocycles. The van der Waals surface area contributed by atoms with E-state index in [9.17, 15) is 9.59 Å². The van der Waals surface area contributed by atoms with E-state index in [1.165, 1.54) is 0 Å². The molecule has 1 atom stereocenters. The minimum atomic E-state index is -2.00. The van der Waals surface area contributed by atoms with Gasteiger partial charge >= 0.3 is 6.09 Å². The Labute approximate surface area is 141 Å². The van der Waals surface area contributed by atoms with Crippen molar-refractivity contribution < 1.29 is 18.8 Å². The maximum atomic E-state index is 12.4. The van der Waals surface area contributed by atoms with Crippen molar-refractivity contribution in [1.82, 2.24) is 4.90 Å². The molecule has 0 aliphatic carbocycles. The minimum Gasteiger partial charge on any atom is -0.444 e. The van der Waals surface area contributed by atoms with Crippen LogP contribution in [0.3, 0.4) is 0 Å². The lowest BCUT2D eigenvalue weighted by atomic mass is 10.1.